The van der Waals surface area contributed by atoms with E-state index in [-0.39, 0.29) is 6.03 Å². The van der Waals surface area contributed by atoms with Crippen molar-refractivity contribution in [3.8, 4) is 0 Å². The minimum atomic E-state index is -0.108. The Morgan fingerprint density at radius 2 is 1.82 bits per heavy atom. The number of hydrogen-bond acceptors (Lipinski definition) is 1. The van der Waals surface area contributed by atoms with E-state index < -0.39 is 0 Å². The molecule has 3 heteroatoms. The van der Waals surface area contributed by atoms with Crippen molar-refractivity contribution in [1.82, 2.24) is 5.32 Å². The molecule has 0 spiro atoms. The predicted octanol–water partition coefficient (Wildman–Crippen LogP) is 3.12. The Balaban J connectivity index is 1.86. The van der Waals surface area contributed by atoms with Gasteiger partial charge in [0.05, 0.1) is 5.69 Å². The molecule has 0 atom stereocenters. The lowest BCUT2D eigenvalue weighted by atomic mass is 10.1. The molecule has 1 saturated carbocycles. The fraction of sp³-hybridized carbons (Fsp3) is 0.214. The van der Waals surface area contributed by atoms with Crippen LogP contribution in [0.2, 0.25) is 0 Å². The highest BCUT2D eigenvalue weighted by atomic mass is 16.2. The lowest BCUT2D eigenvalue weighted by Crippen LogP contribution is -2.30. The molecule has 17 heavy (non-hydrogen) atoms. The molecule has 0 aromatic heterocycles. The number of fused-ring (bicyclic) bond motifs is 1. The van der Waals surface area contributed by atoms with Crippen LogP contribution in [0.3, 0.4) is 0 Å². The molecule has 1 aliphatic carbocycles. The first-order valence-corrected chi connectivity index (χ1v) is 5.88. The number of rotatable bonds is 2. The van der Waals surface area contributed by atoms with Gasteiger partial charge < -0.3 is 10.6 Å². The summed E-state index contributed by atoms with van der Waals surface area (Å²) in [5, 5.41) is 8.03. The third-order valence-corrected chi connectivity index (χ3v) is 2.95. The number of amides is 2. The Morgan fingerprint density at radius 3 is 2.65 bits per heavy atom. The Bertz CT molecular complexity index is 556. The molecule has 3 nitrogen and oxygen atoms in total. The van der Waals surface area contributed by atoms with Crippen LogP contribution in [-0.2, 0) is 0 Å². The van der Waals surface area contributed by atoms with Crippen LogP contribution < -0.4 is 10.6 Å². The number of hydrogen-bond donors (Lipinski definition) is 2. The molecule has 2 amide bonds. The zero-order chi connectivity index (χ0) is 11.7. The Morgan fingerprint density at radius 1 is 1.06 bits per heavy atom. The molecule has 0 aliphatic heterocycles. The van der Waals surface area contributed by atoms with Crippen molar-refractivity contribution in [3.63, 3.8) is 0 Å². The summed E-state index contributed by atoms with van der Waals surface area (Å²) in [6.07, 6.45) is 2.20. The van der Waals surface area contributed by atoms with E-state index in [0.717, 1.165) is 29.3 Å². The second-order valence-electron chi connectivity index (χ2n) is 4.40. The number of benzene rings is 2. The quantitative estimate of drug-likeness (QED) is 0.811. The first-order chi connectivity index (χ1) is 8.33. The fourth-order valence-electron chi connectivity index (χ4n) is 1.91. The maximum absolute atomic E-state index is 11.7. The highest BCUT2D eigenvalue weighted by molar-refractivity contribution is 6.01. The second-order valence-corrected chi connectivity index (χ2v) is 4.40. The zero-order valence-corrected chi connectivity index (χ0v) is 9.44. The van der Waals surface area contributed by atoms with Gasteiger partial charge >= 0.3 is 6.03 Å². The summed E-state index contributed by atoms with van der Waals surface area (Å²) in [4.78, 5) is 11.7. The van der Waals surface area contributed by atoms with E-state index in [4.69, 9.17) is 0 Å². The van der Waals surface area contributed by atoms with Gasteiger partial charge in [-0.1, -0.05) is 36.4 Å². The third-order valence-electron chi connectivity index (χ3n) is 2.95. The van der Waals surface area contributed by atoms with Crippen molar-refractivity contribution in [1.29, 1.82) is 0 Å². The monoisotopic (exact) mass is 226 g/mol. The Labute approximate surface area is 99.8 Å². The number of carbonyl (C=O) groups is 1. The molecule has 86 valence electrons. The molecule has 0 saturated heterocycles. The van der Waals surface area contributed by atoms with E-state index in [1.165, 1.54) is 0 Å². The molecule has 1 aliphatic rings. The zero-order valence-electron chi connectivity index (χ0n) is 9.44. The first-order valence-electron chi connectivity index (χ1n) is 5.88. The first kappa shape index (κ1) is 10.1. The molecular weight excluding hydrogens is 212 g/mol. The summed E-state index contributed by atoms with van der Waals surface area (Å²) in [6.45, 7) is 0. The van der Waals surface area contributed by atoms with Crippen molar-refractivity contribution >= 4 is 22.5 Å². The van der Waals surface area contributed by atoms with Crippen molar-refractivity contribution in [2.24, 2.45) is 0 Å². The maximum atomic E-state index is 11.7. The van der Waals surface area contributed by atoms with Crippen LogP contribution in [0.25, 0.3) is 10.8 Å². The van der Waals surface area contributed by atoms with E-state index in [1.807, 2.05) is 42.5 Å². The molecule has 2 N–H and O–H groups in total. The number of urea groups is 1. The topological polar surface area (TPSA) is 41.1 Å². The fourth-order valence-corrected chi connectivity index (χ4v) is 1.91. The summed E-state index contributed by atoms with van der Waals surface area (Å²) in [5.74, 6) is 0. The molecule has 0 bridgehead atoms. The average molecular weight is 226 g/mol. The van der Waals surface area contributed by atoms with E-state index in [1.54, 1.807) is 0 Å². The smallest absolute Gasteiger partial charge is 0.319 e. The average Bonchev–Trinajstić information content (AvgIpc) is 3.13. The normalized spacial score (nSPS) is 14.6. The van der Waals surface area contributed by atoms with Crippen LogP contribution in [0, 0.1) is 0 Å². The number of nitrogens with one attached hydrogen (secondary N) is 2. The summed E-state index contributed by atoms with van der Waals surface area (Å²) in [5.41, 5.74) is 0.862. The second kappa shape index (κ2) is 4.09. The van der Waals surface area contributed by atoms with Crippen molar-refractivity contribution in [2.75, 3.05) is 5.32 Å². The minimum Gasteiger partial charge on any atom is -0.335 e. The van der Waals surface area contributed by atoms with E-state index >= 15 is 0 Å². The largest absolute Gasteiger partial charge is 0.335 e. The summed E-state index contributed by atoms with van der Waals surface area (Å²) < 4.78 is 0. The maximum Gasteiger partial charge on any atom is 0.319 e. The molecule has 0 heterocycles. The Hall–Kier alpha value is -2.03. The molecule has 3 rings (SSSR count). The van der Waals surface area contributed by atoms with Crippen molar-refractivity contribution < 1.29 is 4.79 Å². The summed E-state index contributed by atoms with van der Waals surface area (Å²) >= 11 is 0. The highest BCUT2D eigenvalue weighted by Gasteiger charge is 2.23. The van der Waals surface area contributed by atoms with Gasteiger partial charge in [0.2, 0.25) is 0 Å². The van der Waals surface area contributed by atoms with E-state index in [9.17, 15) is 4.79 Å². The van der Waals surface area contributed by atoms with E-state index in [2.05, 4.69) is 10.6 Å². The third kappa shape index (κ3) is 2.23. The van der Waals surface area contributed by atoms with Gasteiger partial charge in [0, 0.05) is 11.4 Å². The highest BCUT2D eigenvalue weighted by Crippen LogP contribution is 2.23. The number of carbonyl (C=O) groups excluding carboxylic acids is 1. The van der Waals surface area contributed by atoms with Crippen molar-refractivity contribution in [3.05, 3.63) is 42.5 Å². The van der Waals surface area contributed by atoms with Crippen molar-refractivity contribution in [2.45, 2.75) is 18.9 Å². The molecule has 2 aromatic rings. The van der Waals surface area contributed by atoms with Gasteiger partial charge in [0.25, 0.3) is 0 Å². The summed E-state index contributed by atoms with van der Waals surface area (Å²) in [6, 6.07) is 14.2. The molecular formula is C14H14N2O. The lowest BCUT2D eigenvalue weighted by Gasteiger charge is -2.09. The molecule has 0 unspecified atom stereocenters. The van der Waals surface area contributed by atoms with Gasteiger partial charge in [-0.2, -0.15) is 0 Å². The van der Waals surface area contributed by atoms with Crippen LogP contribution in [0.5, 0.6) is 0 Å². The van der Waals surface area contributed by atoms with Crippen LogP contribution in [0.4, 0.5) is 10.5 Å². The Kier molecular flexibility index (Phi) is 2.44. The van der Waals surface area contributed by atoms with Crippen LogP contribution >= 0.6 is 0 Å². The van der Waals surface area contributed by atoms with Crippen LogP contribution in [-0.4, -0.2) is 12.1 Å². The molecule has 0 radical (unpaired) electrons. The van der Waals surface area contributed by atoms with Gasteiger partial charge in [-0.15, -0.1) is 0 Å². The molecule has 2 aromatic carbocycles. The minimum absolute atomic E-state index is 0.108. The van der Waals surface area contributed by atoms with Gasteiger partial charge in [-0.05, 0) is 24.3 Å². The number of anilines is 1. The standard InChI is InChI=1S/C14H14N2O/c17-14(15-11-8-9-11)16-13-7-3-5-10-4-1-2-6-12(10)13/h1-7,11H,8-9H2,(H2,15,16,17). The van der Waals surface area contributed by atoms with E-state index in [0.29, 0.717) is 6.04 Å². The van der Waals surface area contributed by atoms with Gasteiger partial charge in [-0.3, -0.25) is 0 Å². The van der Waals surface area contributed by atoms with Gasteiger partial charge in [0.15, 0.2) is 0 Å². The van der Waals surface area contributed by atoms with Crippen LogP contribution in [0.15, 0.2) is 42.5 Å². The van der Waals surface area contributed by atoms with Gasteiger partial charge in [0.1, 0.15) is 0 Å². The van der Waals surface area contributed by atoms with Crippen LogP contribution in [0.1, 0.15) is 12.8 Å². The van der Waals surface area contributed by atoms with Gasteiger partial charge in [-0.25, -0.2) is 4.79 Å². The predicted molar refractivity (Wildman–Crippen MR) is 69.1 cm³/mol. The molecule has 1 fully saturated rings. The SMILES string of the molecule is O=C(Nc1cccc2ccccc12)NC1CC1. The summed E-state index contributed by atoms with van der Waals surface area (Å²) in [7, 11) is 0. The lowest BCUT2D eigenvalue weighted by molar-refractivity contribution is 0.252.